The second-order valence-corrected chi connectivity index (χ2v) is 6.15. The summed E-state index contributed by atoms with van der Waals surface area (Å²) in [6.45, 7) is 4.06. The molecule has 3 rings (SSSR count). The first-order valence-electron chi connectivity index (χ1n) is 7.97. The highest BCUT2D eigenvalue weighted by molar-refractivity contribution is 6.30. The van der Waals surface area contributed by atoms with Crippen molar-refractivity contribution < 1.29 is 4.74 Å². The lowest BCUT2D eigenvalue weighted by atomic mass is 9.97. The summed E-state index contributed by atoms with van der Waals surface area (Å²) < 4.78 is 5.60. The van der Waals surface area contributed by atoms with E-state index in [1.165, 1.54) is 0 Å². The molecule has 1 aromatic carbocycles. The first-order valence-corrected chi connectivity index (χ1v) is 8.35. The number of ether oxygens (including phenoxy) is 1. The van der Waals surface area contributed by atoms with E-state index < -0.39 is 0 Å². The molecule has 0 spiro atoms. The summed E-state index contributed by atoms with van der Waals surface area (Å²) >= 11 is 6.27. The van der Waals surface area contributed by atoms with Crippen LogP contribution in [0.5, 0.6) is 5.75 Å². The van der Waals surface area contributed by atoms with E-state index in [1.54, 1.807) is 13.3 Å². The van der Waals surface area contributed by atoms with Gasteiger partial charge in [-0.25, -0.2) is 0 Å². The molecular weight excluding hydrogens is 310 g/mol. The standard InChI is InChI=1S/C18H22ClN3O/c1-23-17-6-5-15(19)12-16(17)18(14-4-2-7-21-13-14)22-10-3-8-20-9-11-22/h2,4-7,12-13,18,20H,3,8-11H2,1H3. The smallest absolute Gasteiger partial charge is 0.124 e. The molecule has 0 bridgehead atoms. The molecule has 0 amide bonds. The number of aromatic nitrogens is 1. The zero-order valence-corrected chi connectivity index (χ0v) is 14.1. The van der Waals surface area contributed by atoms with Gasteiger partial charge in [0, 0.05) is 42.6 Å². The van der Waals surface area contributed by atoms with Gasteiger partial charge in [0.1, 0.15) is 5.75 Å². The van der Waals surface area contributed by atoms with Crippen LogP contribution in [0.15, 0.2) is 42.7 Å². The predicted molar refractivity (Wildman–Crippen MR) is 93.1 cm³/mol. The van der Waals surface area contributed by atoms with E-state index in [-0.39, 0.29) is 6.04 Å². The molecule has 0 saturated carbocycles. The maximum absolute atomic E-state index is 6.27. The number of methoxy groups -OCH3 is 1. The molecule has 1 aliphatic rings. The summed E-state index contributed by atoms with van der Waals surface area (Å²) in [7, 11) is 1.71. The SMILES string of the molecule is COc1ccc(Cl)cc1C(c1cccnc1)N1CCCNCC1. The van der Waals surface area contributed by atoms with Crippen molar-refractivity contribution in [2.75, 3.05) is 33.3 Å². The van der Waals surface area contributed by atoms with E-state index in [2.05, 4.69) is 21.3 Å². The van der Waals surface area contributed by atoms with Crippen LogP contribution >= 0.6 is 11.6 Å². The maximum Gasteiger partial charge on any atom is 0.124 e. The number of halogens is 1. The van der Waals surface area contributed by atoms with Crippen molar-refractivity contribution in [3.63, 3.8) is 0 Å². The Balaban J connectivity index is 2.06. The Hall–Kier alpha value is -1.62. The summed E-state index contributed by atoms with van der Waals surface area (Å²) in [5, 5.41) is 4.19. The van der Waals surface area contributed by atoms with Gasteiger partial charge in [-0.2, -0.15) is 0 Å². The van der Waals surface area contributed by atoms with Crippen molar-refractivity contribution in [2.45, 2.75) is 12.5 Å². The number of rotatable bonds is 4. The largest absolute Gasteiger partial charge is 0.496 e. The van der Waals surface area contributed by atoms with E-state index >= 15 is 0 Å². The first-order chi connectivity index (χ1) is 11.3. The Morgan fingerprint density at radius 2 is 2.17 bits per heavy atom. The highest BCUT2D eigenvalue weighted by atomic mass is 35.5. The Morgan fingerprint density at radius 1 is 1.26 bits per heavy atom. The second-order valence-electron chi connectivity index (χ2n) is 5.71. The molecule has 1 aliphatic heterocycles. The molecule has 1 N–H and O–H groups in total. The van der Waals surface area contributed by atoms with Crippen LogP contribution in [0.2, 0.25) is 5.02 Å². The molecule has 1 saturated heterocycles. The quantitative estimate of drug-likeness (QED) is 0.934. The molecule has 1 atom stereocenters. The van der Waals surface area contributed by atoms with Gasteiger partial charge in [0.05, 0.1) is 13.2 Å². The minimum atomic E-state index is 0.0947. The van der Waals surface area contributed by atoms with Crippen LogP contribution in [0.1, 0.15) is 23.6 Å². The monoisotopic (exact) mass is 331 g/mol. The van der Waals surface area contributed by atoms with E-state index in [9.17, 15) is 0 Å². The van der Waals surface area contributed by atoms with Gasteiger partial charge in [-0.1, -0.05) is 17.7 Å². The molecule has 2 aromatic rings. The lowest BCUT2D eigenvalue weighted by Crippen LogP contribution is -2.33. The van der Waals surface area contributed by atoms with E-state index in [1.807, 2.05) is 30.5 Å². The molecule has 1 fully saturated rings. The van der Waals surface area contributed by atoms with Crippen LogP contribution in [0, 0.1) is 0 Å². The van der Waals surface area contributed by atoms with Gasteiger partial charge in [0.15, 0.2) is 0 Å². The van der Waals surface area contributed by atoms with Crippen molar-refractivity contribution in [1.29, 1.82) is 0 Å². The van der Waals surface area contributed by atoms with Crippen LogP contribution in [0.25, 0.3) is 0 Å². The van der Waals surface area contributed by atoms with Crippen LogP contribution in [-0.4, -0.2) is 43.2 Å². The van der Waals surface area contributed by atoms with Crippen LogP contribution in [-0.2, 0) is 0 Å². The Bertz CT molecular complexity index is 627. The van der Waals surface area contributed by atoms with Crippen molar-refractivity contribution in [3.8, 4) is 5.75 Å². The van der Waals surface area contributed by atoms with Gasteiger partial charge < -0.3 is 10.1 Å². The van der Waals surface area contributed by atoms with E-state index in [0.29, 0.717) is 0 Å². The van der Waals surface area contributed by atoms with Crippen LogP contribution in [0.3, 0.4) is 0 Å². The van der Waals surface area contributed by atoms with E-state index in [4.69, 9.17) is 16.3 Å². The summed E-state index contributed by atoms with van der Waals surface area (Å²) in [6.07, 6.45) is 4.86. The molecular formula is C18H22ClN3O. The third-order valence-electron chi connectivity index (χ3n) is 4.23. The Labute approximate surface area is 142 Å². The minimum Gasteiger partial charge on any atom is -0.496 e. The molecule has 2 heterocycles. The fraction of sp³-hybridized carbons (Fsp3) is 0.389. The Morgan fingerprint density at radius 3 is 2.96 bits per heavy atom. The van der Waals surface area contributed by atoms with Crippen molar-refractivity contribution in [1.82, 2.24) is 15.2 Å². The number of hydrogen-bond acceptors (Lipinski definition) is 4. The summed E-state index contributed by atoms with van der Waals surface area (Å²) in [4.78, 5) is 6.79. The number of pyridine rings is 1. The maximum atomic E-state index is 6.27. The molecule has 0 aliphatic carbocycles. The predicted octanol–water partition coefficient (Wildman–Crippen LogP) is 3.13. The fourth-order valence-electron chi connectivity index (χ4n) is 3.17. The normalized spacial score (nSPS) is 17.5. The molecule has 5 heteroatoms. The van der Waals surface area contributed by atoms with Gasteiger partial charge in [-0.15, -0.1) is 0 Å². The second kappa shape index (κ2) is 7.77. The van der Waals surface area contributed by atoms with Crippen LogP contribution < -0.4 is 10.1 Å². The molecule has 4 nitrogen and oxygen atoms in total. The topological polar surface area (TPSA) is 37.4 Å². The average Bonchev–Trinajstić information content (AvgIpc) is 2.86. The number of nitrogens with zero attached hydrogens (tertiary/aromatic N) is 2. The third-order valence-corrected chi connectivity index (χ3v) is 4.46. The van der Waals surface area contributed by atoms with Crippen molar-refractivity contribution in [3.05, 3.63) is 58.9 Å². The highest BCUT2D eigenvalue weighted by Crippen LogP contribution is 2.36. The average molecular weight is 332 g/mol. The highest BCUT2D eigenvalue weighted by Gasteiger charge is 2.26. The van der Waals surface area contributed by atoms with Crippen molar-refractivity contribution >= 4 is 11.6 Å². The first kappa shape index (κ1) is 16.2. The number of nitrogens with one attached hydrogen (secondary N) is 1. The zero-order valence-electron chi connectivity index (χ0n) is 13.3. The van der Waals surface area contributed by atoms with Gasteiger partial charge in [0.2, 0.25) is 0 Å². The van der Waals surface area contributed by atoms with Gasteiger partial charge in [0.25, 0.3) is 0 Å². The number of benzene rings is 1. The summed E-state index contributed by atoms with van der Waals surface area (Å²) in [5.41, 5.74) is 2.25. The summed E-state index contributed by atoms with van der Waals surface area (Å²) in [6, 6.07) is 10.0. The number of hydrogen-bond donors (Lipinski definition) is 1. The molecule has 1 aromatic heterocycles. The van der Waals surface area contributed by atoms with Gasteiger partial charge in [-0.05, 0) is 42.8 Å². The third kappa shape index (κ3) is 3.83. The minimum absolute atomic E-state index is 0.0947. The molecule has 23 heavy (non-hydrogen) atoms. The molecule has 1 unspecified atom stereocenters. The fourth-order valence-corrected chi connectivity index (χ4v) is 3.35. The van der Waals surface area contributed by atoms with Gasteiger partial charge >= 0.3 is 0 Å². The van der Waals surface area contributed by atoms with Crippen LogP contribution in [0.4, 0.5) is 0 Å². The Kier molecular flexibility index (Phi) is 5.49. The van der Waals surface area contributed by atoms with Gasteiger partial charge in [-0.3, -0.25) is 9.88 Å². The van der Waals surface area contributed by atoms with E-state index in [0.717, 1.165) is 54.5 Å². The lowest BCUT2D eigenvalue weighted by Gasteiger charge is -2.32. The van der Waals surface area contributed by atoms with Crippen molar-refractivity contribution in [2.24, 2.45) is 0 Å². The zero-order chi connectivity index (χ0) is 16.1. The molecule has 0 radical (unpaired) electrons. The lowest BCUT2D eigenvalue weighted by molar-refractivity contribution is 0.236. The molecule has 122 valence electrons. The summed E-state index contributed by atoms with van der Waals surface area (Å²) in [5.74, 6) is 0.862.